The fourth-order valence-corrected chi connectivity index (χ4v) is 2.18. The van der Waals surface area contributed by atoms with Crippen molar-refractivity contribution in [2.24, 2.45) is 0 Å². The monoisotopic (exact) mass is 309 g/mol. The second-order valence-electron chi connectivity index (χ2n) is 3.84. The topological polar surface area (TPSA) is 72.5 Å². The third kappa shape index (κ3) is 4.45. The van der Waals surface area contributed by atoms with Gasteiger partial charge in [-0.15, -0.1) is 0 Å². The molecule has 1 aromatic carbocycles. The molecule has 0 aromatic heterocycles. The lowest BCUT2D eigenvalue weighted by Gasteiger charge is -2.11. The Labute approximate surface area is 115 Å². The lowest BCUT2D eigenvalue weighted by atomic mass is 10.2. The molecule has 0 fully saturated rings. The molecule has 0 aliphatic rings. The number of ether oxygens (including phenoxy) is 1. The maximum atomic E-state index is 13.3. The molecule has 1 atom stereocenters. The van der Waals surface area contributed by atoms with Gasteiger partial charge in [-0.2, -0.15) is 0 Å². The first kappa shape index (κ1) is 15.9. The summed E-state index contributed by atoms with van der Waals surface area (Å²) in [5, 5.41) is 2.52. The van der Waals surface area contributed by atoms with Crippen molar-refractivity contribution in [1.82, 2.24) is 5.32 Å². The fraction of sp³-hybridized carbons (Fsp3) is 0.364. The van der Waals surface area contributed by atoms with Crippen LogP contribution in [0, 0.1) is 5.82 Å². The quantitative estimate of drug-likeness (QED) is 0.837. The van der Waals surface area contributed by atoms with Gasteiger partial charge in [-0.3, -0.25) is 4.79 Å². The van der Waals surface area contributed by atoms with Crippen LogP contribution in [0.15, 0.2) is 23.1 Å². The molecule has 0 radical (unpaired) electrons. The van der Waals surface area contributed by atoms with Crippen LogP contribution in [0.3, 0.4) is 0 Å². The van der Waals surface area contributed by atoms with Gasteiger partial charge in [-0.05, 0) is 25.1 Å². The first-order chi connectivity index (χ1) is 8.75. The van der Waals surface area contributed by atoms with Crippen molar-refractivity contribution in [1.29, 1.82) is 0 Å². The summed E-state index contributed by atoms with van der Waals surface area (Å²) in [6.07, 6.45) is -0.194. The Kier molecular flexibility index (Phi) is 5.28. The number of amides is 1. The van der Waals surface area contributed by atoms with Crippen LogP contribution in [-0.2, 0) is 13.8 Å². The van der Waals surface area contributed by atoms with Gasteiger partial charge in [0.25, 0.3) is 15.0 Å². The molecular formula is C11H13ClFNO4S. The smallest absolute Gasteiger partial charge is 0.264 e. The molecule has 1 unspecified atom stereocenters. The van der Waals surface area contributed by atoms with Gasteiger partial charge in [0.05, 0.1) is 6.10 Å². The lowest BCUT2D eigenvalue weighted by molar-refractivity contribution is 0.0870. The van der Waals surface area contributed by atoms with Gasteiger partial charge in [-0.1, -0.05) is 0 Å². The van der Waals surface area contributed by atoms with Crippen molar-refractivity contribution in [2.75, 3.05) is 13.7 Å². The largest absolute Gasteiger partial charge is 0.380 e. The van der Waals surface area contributed by atoms with Crippen LogP contribution in [0.2, 0.25) is 0 Å². The molecule has 0 aliphatic heterocycles. The highest BCUT2D eigenvalue weighted by molar-refractivity contribution is 8.13. The number of carbonyl (C=O) groups is 1. The van der Waals surface area contributed by atoms with E-state index < -0.39 is 25.7 Å². The van der Waals surface area contributed by atoms with Gasteiger partial charge in [0.2, 0.25) is 0 Å². The van der Waals surface area contributed by atoms with E-state index in [1.807, 2.05) is 0 Å². The summed E-state index contributed by atoms with van der Waals surface area (Å²) < 4.78 is 40.5. The third-order valence-corrected chi connectivity index (χ3v) is 3.75. The molecule has 19 heavy (non-hydrogen) atoms. The highest BCUT2D eigenvalue weighted by atomic mass is 35.7. The molecule has 8 heteroatoms. The van der Waals surface area contributed by atoms with E-state index in [9.17, 15) is 17.6 Å². The zero-order chi connectivity index (χ0) is 14.6. The van der Waals surface area contributed by atoms with Crippen molar-refractivity contribution in [2.45, 2.75) is 17.9 Å². The van der Waals surface area contributed by atoms with E-state index in [4.69, 9.17) is 15.4 Å². The second-order valence-corrected chi connectivity index (χ2v) is 6.37. The Morgan fingerprint density at radius 1 is 1.53 bits per heavy atom. The Morgan fingerprint density at radius 3 is 2.68 bits per heavy atom. The van der Waals surface area contributed by atoms with Crippen LogP contribution in [-0.4, -0.2) is 34.1 Å². The van der Waals surface area contributed by atoms with Gasteiger partial charge in [-0.25, -0.2) is 12.8 Å². The first-order valence-electron chi connectivity index (χ1n) is 5.31. The molecule has 1 rings (SSSR count). The second kappa shape index (κ2) is 6.31. The fourth-order valence-electron chi connectivity index (χ4n) is 1.25. The lowest BCUT2D eigenvalue weighted by Crippen LogP contribution is -2.31. The van der Waals surface area contributed by atoms with Crippen LogP contribution in [0.4, 0.5) is 4.39 Å². The van der Waals surface area contributed by atoms with Crippen LogP contribution in [0.5, 0.6) is 0 Å². The number of benzene rings is 1. The van der Waals surface area contributed by atoms with E-state index in [1.165, 1.54) is 13.2 Å². The Balaban J connectivity index is 2.94. The van der Waals surface area contributed by atoms with E-state index in [0.29, 0.717) is 0 Å². The average molecular weight is 310 g/mol. The molecule has 0 saturated heterocycles. The number of hydrogen-bond donors (Lipinski definition) is 1. The van der Waals surface area contributed by atoms with Crippen LogP contribution >= 0.6 is 10.7 Å². The highest BCUT2D eigenvalue weighted by Crippen LogP contribution is 2.20. The van der Waals surface area contributed by atoms with Crippen LogP contribution < -0.4 is 5.32 Å². The molecule has 106 valence electrons. The number of halogens is 2. The number of methoxy groups -OCH3 is 1. The standard InChI is InChI=1S/C11H13ClFNO4S/c1-7(18-2)6-14-11(15)8-3-4-9(13)10(5-8)19(12,16)17/h3-5,7H,6H2,1-2H3,(H,14,15). The molecule has 0 heterocycles. The van der Waals surface area contributed by atoms with E-state index >= 15 is 0 Å². The minimum absolute atomic E-state index is 0.00364. The Hall–Kier alpha value is -1.18. The number of carbonyl (C=O) groups excluding carboxylic acids is 1. The van der Waals surface area contributed by atoms with Crippen molar-refractivity contribution in [3.05, 3.63) is 29.6 Å². The summed E-state index contributed by atoms with van der Waals surface area (Å²) in [7, 11) is 2.33. The van der Waals surface area contributed by atoms with E-state index in [0.717, 1.165) is 12.1 Å². The maximum Gasteiger partial charge on any atom is 0.264 e. The summed E-state index contributed by atoms with van der Waals surface area (Å²) in [5.41, 5.74) is 0.00364. The molecule has 0 spiro atoms. The molecule has 1 N–H and O–H groups in total. The zero-order valence-electron chi connectivity index (χ0n) is 10.3. The van der Waals surface area contributed by atoms with Gasteiger partial charge in [0.15, 0.2) is 0 Å². The molecular weight excluding hydrogens is 297 g/mol. The van der Waals surface area contributed by atoms with Crippen molar-refractivity contribution < 1.29 is 22.3 Å². The van der Waals surface area contributed by atoms with Gasteiger partial charge in [0, 0.05) is 29.9 Å². The normalized spacial score (nSPS) is 13.1. The van der Waals surface area contributed by atoms with Gasteiger partial charge < -0.3 is 10.1 Å². The van der Waals surface area contributed by atoms with E-state index in [-0.39, 0.29) is 18.2 Å². The van der Waals surface area contributed by atoms with Crippen molar-refractivity contribution >= 4 is 25.6 Å². The summed E-state index contributed by atoms with van der Waals surface area (Å²) >= 11 is 0. The molecule has 1 aromatic rings. The van der Waals surface area contributed by atoms with Crippen molar-refractivity contribution in [3.8, 4) is 0 Å². The van der Waals surface area contributed by atoms with E-state index in [2.05, 4.69) is 5.32 Å². The molecule has 1 amide bonds. The molecule has 0 saturated carbocycles. The minimum atomic E-state index is -4.23. The molecule has 5 nitrogen and oxygen atoms in total. The minimum Gasteiger partial charge on any atom is -0.380 e. The van der Waals surface area contributed by atoms with Crippen LogP contribution in [0.1, 0.15) is 17.3 Å². The molecule has 0 aliphatic carbocycles. The summed E-state index contributed by atoms with van der Waals surface area (Å²) in [6.45, 7) is 2.00. The van der Waals surface area contributed by atoms with Crippen LogP contribution in [0.25, 0.3) is 0 Å². The predicted octanol–water partition coefficient (Wildman–Crippen LogP) is 1.52. The zero-order valence-corrected chi connectivity index (χ0v) is 11.9. The molecule has 0 bridgehead atoms. The number of hydrogen-bond acceptors (Lipinski definition) is 4. The summed E-state index contributed by atoms with van der Waals surface area (Å²) in [6, 6.07) is 2.95. The summed E-state index contributed by atoms with van der Waals surface area (Å²) in [4.78, 5) is 11.0. The summed E-state index contributed by atoms with van der Waals surface area (Å²) in [5.74, 6) is -1.54. The van der Waals surface area contributed by atoms with Crippen molar-refractivity contribution in [3.63, 3.8) is 0 Å². The number of rotatable bonds is 5. The van der Waals surface area contributed by atoms with Gasteiger partial charge >= 0.3 is 0 Å². The third-order valence-electron chi connectivity index (χ3n) is 2.41. The Morgan fingerprint density at radius 2 is 2.16 bits per heavy atom. The van der Waals surface area contributed by atoms with Gasteiger partial charge in [0.1, 0.15) is 10.7 Å². The first-order valence-corrected chi connectivity index (χ1v) is 7.62. The average Bonchev–Trinajstić information content (AvgIpc) is 2.34. The van der Waals surface area contributed by atoms with E-state index in [1.54, 1.807) is 6.92 Å². The Bertz CT molecular complexity index is 576. The number of nitrogens with one attached hydrogen (secondary N) is 1. The SMILES string of the molecule is COC(C)CNC(=O)c1ccc(F)c(S(=O)(=O)Cl)c1. The predicted molar refractivity (Wildman–Crippen MR) is 68.2 cm³/mol. The maximum absolute atomic E-state index is 13.3. The highest BCUT2D eigenvalue weighted by Gasteiger charge is 2.19.